The third-order valence-corrected chi connectivity index (χ3v) is 4.59. The molecule has 0 saturated carbocycles. The lowest BCUT2D eigenvalue weighted by molar-refractivity contribution is -0.671. The quantitative estimate of drug-likeness (QED) is 0.340. The molecule has 0 amide bonds. The minimum absolute atomic E-state index is 0. The summed E-state index contributed by atoms with van der Waals surface area (Å²) in [6.07, 6.45) is 8.49. The third-order valence-electron chi connectivity index (χ3n) is 4.59. The summed E-state index contributed by atoms with van der Waals surface area (Å²) in [6.45, 7) is 3.19. The summed E-state index contributed by atoms with van der Waals surface area (Å²) in [4.78, 5) is 0. The number of halogens is 1. The van der Waals surface area contributed by atoms with E-state index in [1.54, 1.807) is 0 Å². The first-order valence-electron chi connectivity index (χ1n) is 8.40. The largest absolute Gasteiger partial charge is 1.00 e. The Bertz CT molecular complexity index is 1040. The average Bonchev–Trinajstić information content (AvgIpc) is 2.94. The molecular weight excluding hydrogens is 419 g/mol. The smallest absolute Gasteiger partial charge is 0.169 e. The zero-order chi connectivity index (χ0) is 16.5. The molecule has 0 atom stereocenters. The molecule has 126 valence electrons. The number of hydrogen-bond acceptors (Lipinski definition) is 0. The lowest BCUT2D eigenvalue weighted by Gasteiger charge is -2.02. The molecule has 0 N–H and O–H groups in total. The predicted octanol–water partition coefficient (Wildman–Crippen LogP) is 1.81. The lowest BCUT2D eigenvalue weighted by atomic mass is 10.1. The summed E-state index contributed by atoms with van der Waals surface area (Å²) in [6, 6.07) is 19.6. The fourth-order valence-electron chi connectivity index (χ4n) is 3.33. The number of aryl methyl sites for hydroxylation is 2. The molecule has 0 spiro atoms. The van der Waals surface area contributed by atoms with E-state index < -0.39 is 0 Å². The second kappa shape index (κ2) is 7.40. The Labute approximate surface area is 165 Å². The van der Waals surface area contributed by atoms with Gasteiger partial charge in [-0.15, -0.1) is 0 Å². The van der Waals surface area contributed by atoms with Crippen LogP contribution in [0.5, 0.6) is 0 Å². The molecule has 0 fully saturated rings. The fourth-order valence-corrected chi connectivity index (χ4v) is 3.33. The molecule has 2 nitrogen and oxygen atoms in total. The minimum Gasteiger partial charge on any atom is -1.00 e. The van der Waals surface area contributed by atoms with Crippen molar-refractivity contribution in [3.63, 3.8) is 0 Å². The molecule has 3 heteroatoms. The topological polar surface area (TPSA) is 8.81 Å². The molecule has 25 heavy (non-hydrogen) atoms. The number of fused-ring (bicyclic) bond motifs is 3. The molecule has 4 aromatic rings. The number of pyridine rings is 1. The number of aromatic nitrogens is 2. The van der Waals surface area contributed by atoms with Crippen molar-refractivity contribution >= 4 is 34.0 Å². The Morgan fingerprint density at radius 2 is 1.52 bits per heavy atom. The third kappa shape index (κ3) is 3.33. The van der Waals surface area contributed by atoms with E-state index in [4.69, 9.17) is 0 Å². The van der Waals surface area contributed by atoms with Gasteiger partial charge in [-0.25, -0.2) is 4.57 Å². The van der Waals surface area contributed by atoms with Crippen molar-refractivity contribution in [1.29, 1.82) is 0 Å². The van der Waals surface area contributed by atoms with E-state index in [2.05, 4.69) is 90.6 Å². The average molecular weight is 440 g/mol. The van der Waals surface area contributed by atoms with Crippen LogP contribution in [0.2, 0.25) is 0 Å². The first-order chi connectivity index (χ1) is 11.8. The Kier molecular flexibility index (Phi) is 5.23. The van der Waals surface area contributed by atoms with Gasteiger partial charge in [-0.1, -0.05) is 36.4 Å². The van der Waals surface area contributed by atoms with Gasteiger partial charge in [-0.2, -0.15) is 0 Å². The van der Waals surface area contributed by atoms with E-state index in [-0.39, 0.29) is 24.0 Å². The summed E-state index contributed by atoms with van der Waals surface area (Å²) in [5.74, 6) is 0. The SMILES string of the molecule is CCn1c2ccccc2c2cc(/C=C/c3cc[n+](C)cc3)ccc21.[I-]. The van der Waals surface area contributed by atoms with Crippen LogP contribution in [0.25, 0.3) is 34.0 Å². The van der Waals surface area contributed by atoms with Gasteiger partial charge in [0.25, 0.3) is 0 Å². The number of benzene rings is 2. The molecule has 0 aliphatic heterocycles. The number of para-hydroxylation sites is 1. The van der Waals surface area contributed by atoms with Gasteiger partial charge in [0.1, 0.15) is 7.05 Å². The maximum Gasteiger partial charge on any atom is 0.169 e. The summed E-state index contributed by atoms with van der Waals surface area (Å²) in [7, 11) is 2.03. The van der Waals surface area contributed by atoms with E-state index in [1.165, 1.54) is 32.9 Å². The van der Waals surface area contributed by atoms with E-state index >= 15 is 0 Å². The van der Waals surface area contributed by atoms with Crippen LogP contribution in [0.4, 0.5) is 0 Å². The van der Waals surface area contributed by atoms with Gasteiger partial charge in [0, 0.05) is 40.5 Å². The second-order valence-corrected chi connectivity index (χ2v) is 6.17. The van der Waals surface area contributed by atoms with Crippen molar-refractivity contribution in [1.82, 2.24) is 4.57 Å². The fraction of sp³-hybridized carbons (Fsp3) is 0.136. The Balaban J connectivity index is 0.00000182. The summed E-state index contributed by atoms with van der Waals surface area (Å²) in [5.41, 5.74) is 5.06. The maximum absolute atomic E-state index is 2.38. The molecule has 0 aliphatic carbocycles. The van der Waals surface area contributed by atoms with Gasteiger partial charge in [-0.05, 0) is 36.2 Å². The maximum atomic E-state index is 2.38. The lowest BCUT2D eigenvalue weighted by Crippen LogP contribution is -3.00. The molecular formula is C22H21IN2. The number of rotatable bonds is 3. The molecule has 0 aliphatic rings. The molecule has 4 rings (SSSR count). The van der Waals surface area contributed by atoms with Crippen molar-refractivity contribution in [2.45, 2.75) is 13.5 Å². The number of nitrogens with zero attached hydrogens (tertiary/aromatic N) is 2. The van der Waals surface area contributed by atoms with Gasteiger partial charge in [0.2, 0.25) is 0 Å². The Morgan fingerprint density at radius 3 is 2.28 bits per heavy atom. The second-order valence-electron chi connectivity index (χ2n) is 6.17. The molecule has 2 aromatic heterocycles. The van der Waals surface area contributed by atoms with Crippen LogP contribution in [0.3, 0.4) is 0 Å². The van der Waals surface area contributed by atoms with Gasteiger partial charge >= 0.3 is 0 Å². The molecule has 0 radical (unpaired) electrons. The highest BCUT2D eigenvalue weighted by atomic mass is 127. The van der Waals surface area contributed by atoms with Crippen LogP contribution < -0.4 is 28.5 Å². The highest BCUT2D eigenvalue weighted by Crippen LogP contribution is 2.30. The highest BCUT2D eigenvalue weighted by molar-refractivity contribution is 6.08. The highest BCUT2D eigenvalue weighted by Gasteiger charge is 2.08. The van der Waals surface area contributed by atoms with Crippen molar-refractivity contribution in [2.75, 3.05) is 0 Å². The van der Waals surface area contributed by atoms with Crippen LogP contribution in [-0.2, 0) is 13.6 Å². The van der Waals surface area contributed by atoms with Crippen molar-refractivity contribution < 1.29 is 28.5 Å². The zero-order valence-corrected chi connectivity index (χ0v) is 16.6. The van der Waals surface area contributed by atoms with Gasteiger partial charge in [-0.3, -0.25) is 0 Å². The first-order valence-corrected chi connectivity index (χ1v) is 8.40. The van der Waals surface area contributed by atoms with E-state index in [1.807, 2.05) is 11.6 Å². The van der Waals surface area contributed by atoms with E-state index in [0.29, 0.717) is 0 Å². The summed E-state index contributed by atoms with van der Waals surface area (Å²) >= 11 is 0. The predicted molar refractivity (Wildman–Crippen MR) is 102 cm³/mol. The van der Waals surface area contributed by atoms with Gasteiger partial charge in [0.05, 0.1) is 0 Å². The van der Waals surface area contributed by atoms with Gasteiger partial charge in [0.15, 0.2) is 12.4 Å². The summed E-state index contributed by atoms with van der Waals surface area (Å²) in [5, 5.41) is 2.66. The molecule has 0 bridgehead atoms. The zero-order valence-electron chi connectivity index (χ0n) is 14.5. The Morgan fingerprint density at radius 1 is 0.840 bits per heavy atom. The molecule has 0 saturated heterocycles. The van der Waals surface area contributed by atoms with Crippen molar-refractivity contribution in [3.05, 3.63) is 78.1 Å². The summed E-state index contributed by atoms with van der Waals surface area (Å²) < 4.78 is 4.43. The van der Waals surface area contributed by atoms with Crippen LogP contribution in [0, 0.1) is 0 Å². The van der Waals surface area contributed by atoms with Crippen LogP contribution in [0.1, 0.15) is 18.1 Å². The van der Waals surface area contributed by atoms with Crippen molar-refractivity contribution in [2.24, 2.45) is 7.05 Å². The number of hydrogen-bond donors (Lipinski definition) is 0. The standard InChI is InChI=1S/C22H21N2.HI/c1-3-24-21-7-5-4-6-19(21)20-16-18(10-11-22(20)24)9-8-17-12-14-23(2)15-13-17;/h4-16H,3H2,1-2H3;1H/q+1;/p-1. The minimum atomic E-state index is 0. The molecule has 2 aromatic carbocycles. The normalized spacial score (nSPS) is 11.3. The van der Waals surface area contributed by atoms with Gasteiger partial charge < -0.3 is 28.5 Å². The van der Waals surface area contributed by atoms with Crippen LogP contribution in [-0.4, -0.2) is 4.57 Å². The van der Waals surface area contributed by atoms with Crippen molar-refractivity contribution in [3.8, 4) is 0 Å². The Hall–Kier alpha value is -2.14. The monoisotopic (exact) mass is 440 g/mol. The molecule has 2 heterocycles. The van der Waals surface area contributed by atoms with E-state index in [9.17, 15) is 0 Å². The molecule has 0 unspecified atom stereocenters. The van der Waals surface area contributed by atoms with E-state index in [0.717, 1.165) is 6.54 Å². The van der Waals surface area contributed by atoms with Crippen LogP contribution >= 0.6 is 0 Å². The van der Waals surface area contributed by atoms with Crippen LogP contribution in [0.15, 0.2) is 67.0 Å². The first kappa shape index (κ1) is 17.7.